The van der Waals surface area contributed by atoms with Crippen molar-refractivity contribution in [2.75, 3.05) is 31.1 Å². The zero-order valence-corrected chi connectivity index (χ0v) is 15.2. The van der Waals surface area contributed by atoms with Crippen LogP contribution in [0.1, 0.15) is 32.2 Å². The maximum Gasteiger partial charge on any atom is 0.224 e. The fourth-order valence-electron chi connectivity index (χ4n) is 3.60. The van der Waals surface area contributed by atoms with Crippen LogP contribution in [-0.4, -0.2) is 71.9 Å². The predicted molar refractivity (Wildman–Crippen MR) is 99.3 cm³/mol. The van der Waals surface area contributed by atoms with Gasteiger partial charge >= 0.3 is 0 Å². The highest BCUT2D eigenvalue weighted by molar-refractivity contribution is 5.83. The molecule has 3 heterocycles. The molecule has 0 unspecified atom stereocenters. The molecule has 2 aromatic rings. The molecular weight excluding hydrogens is 352 g/mol. The van der Waals surface area contributed by atoms with E-state index in [0.717, 1.165) is 0 Å². The molecule has 3 atom stereocenters. The van der Waals surface area contributed by atoms with Crippen LogP contribution in [0.2, 0.25) is 0 Å². The average Bonchev–Trinajstić information content (AvgIpc) is 2.93. The number of carbonyl (C=O) groups excluding carboxylic acids is 1. The molecule has 0 aromatic carbocycles. The number of fused-ring (bicyclic) bond motifs is 1. The van der Waals surface area contributed by atoms with E-state index in [9.17, 15) is 15.0 Å². The zero-order chi connectivity index (χ0) is 19.8. The highest BCUT2D eigenvalue weighted by Gasteiger charge is 2.42. The summed E-state index contributed by atoms with van der Waals surface area (Å²) in [6.07, 6.45) is 1.57. The van der Waals surface area contributed by atoms with Crippen molar-refractivity contribution < 1.29 is 15.0 Å². The number of hydrogen-bond acceptors (Lipinski definition) is 9. The molecule has 1 saturated heterocycles. The van der Waals surface area contributed by atoms with Gasteiger partial charge in [0.05, 0.1) is 24.1 Å². The number of aromatic nitrogens is 4. The molecule has 8 N–H and O–H groups in total. The maximum atomic E-state index is 12.5. The molecule has 0 saturated carbocycles. The van der Waals surface area contributed by atoms with E-state index in [1.54, 1.807) is 16.4 Å². The van der Waals surface area contributed by atoms with Crippen molar-refractivity contribution in [3.63, 3.8) is 0 Å². The summed E-state index contributed by atoms with van der Waals surface area (Å²) in [5.41, 5.74) is 16.5. The molecule has 2 aromatic heterocycles. The Hall–Kier alpha value is -2.50. The molecule has 148 valence electrons. The molecule has 11 heteroatoms. The molecular formula is C16H26N8O3. The van der Waals surface area contributed by atoms with Gasteiger partial charge in [-0.25, -0.2) is 4.98 Å². The number of aliphatic hydroxyl groups is 2. The summed E-state index contributed by atoms with van der Waals surface area (Å²) in [5.74, 6) is 0.00614. The van der Waals surface area contributed by atoms with Crippen molar-refractivity contribution in [1.29, 1.82) is 0 Å². The van der Waals surface area contributed by atoms with Crippen molar-refractivity contribution in [2.45, 2.75) is 43.9 Å². The Balaban J connectivity index is 2.02. The van der Waals surface area contributed by atoms with Gasteiger partial charge in [-0.2, -0.15) is 9.97 Å². The van der Waals surface area contributed by atoms with Crippen LogP contribution in [0.3, 0.4) is 0 Å². The van der Waals surface area contributed by atoms with Crippen molar-refractivity contribution >= 4 is 28.8 Å². The highest BCUT2D eigenvalue weighted by Crippen LogP contribution is 2.34. The summed E-state index contributed by atoms with van der Waals surface area (Å²) in [7, 11) is 0. The predicted octanol–water partition coefficient (Wildman–Crippen LogP) is -1.39. The van der Waals surface area contributed by atoms with Gasteiger partial charge < -0.3 is 36.9 Å². The van der Waals surface area contributed by atoms with E-state index in [0.29, 0.717) is 24.1 Å². The quantitative estimate of drug-likeness (QED) is 0.428. The van der Waals surface area contributed by atoms with Gasteiger partial charge in [0.15, 0.2) is 11.5 Å². The van der Waals surface area contributed by atoms with Gasteiger partial charge in [0, 0.05) is 25.9 Å². The Morgan fingerprint density at radius 2 is 2.11 bits per heavy atom. The van der Waals surface area contributed by atoms with E-state index < -0.39 is 17.7 Å². The third kappa shape index (κ3) is 3.80. The Labute approximate surface area is 156 Å². The molecule has 11 nitrogen and oxygen atoms in total. The van der Waals surface area contributed by atoms with Gasteiger partial charge in [-0.3, -0.25) is 4.79 Å². The number of nitrogens with zero attached hydrogens (tertiary/aromatic N) is 5. The number of imidazole rings is 1. The summed E-state index contributed by atoms with van der Waals surface area (Å²) in [6.45, 7) is 2.35. The molecule has 0 radical (unpaired) electrons. The molecule has 0 spiro atoms. The number of nitrogens with two attached hydrogens (primary N) is 3. The fraction of sp³-hybridized carbons (Fsp3) is 0.625. The van der Waals surface area contributed by atoms with Crippen LogP contribution >= 0.6 is 0 Å². The number of hydrogen-bond donors (Lipinski definition) is 5. The maximum absolute atomic E-state index is 12.5. The molecule has 0 bridgehead atoms. The zero-order valence-electron chi connectivity index (χ0n) is 15.2. The summed E-state index contributed by atoms with van der Waals surface area (Å²) < 4.78 is 1.64. The number of amides is 1. The SMILES string of the molecule is C[C@@]1(O)C[C@H](O)CN(C(=O)CCCN)C[C@H]1n1cnc2c(N)nc(N)nc21. The molecule has 1 aliphatic heterocycles. The lowest BCUT2D eigenvalue weighted by Crippen LogP contribution is -2.42. The molecule has 1 fully saturated rings. The van der Waals surface area contributed by atoms with Gasteiger partial charge in [-0.15, -0.1) is 0 Å². The van der Waals surface area contributed by atoms with Gasteiger partial charge in [-0.1, -0.05) is 0 Å². The largest absolute Gasteiger partial charge is 0.391 e. The first-order valence-corrected chi connectivity index (χ1v) is 8.86. The number of likely N-dealkylation sites (tertiary alicyclic amines) is 1. The van der Waals surface area contributed by atoms with Crippen molar-refractivity contribution in [3.8, 4) is 0 Å². The number of rotatable bonds is 4. The Kier molecular flexibility index (Phi) is 5.18. The number of anilines is 2. The molecule has 1 aliphatic rings. The highest BCUT2D eigenvalue weighted by atomic mass is 16.3. The first kappa shape index (κ1) is 19.3. The van der Waals surface area contributed by atoms with Crippen LogP contribution in [0.5, 0.6) is 0 Å². The third-order valence-corrected chi connectivity index (χ3v) is 4.94. The molecule has 0 aliphatic carbocycles. The lowest BCUT2D eigenvalue weighted by Gasteiger charge is -2.34. The van der Waals surface area contributed by atoms with Gasteiger partial charge in [0.25, 0.3) is 0 Å². The van der Waals surface area contributed by atoms with Crippen molar-refractivity contribution in [2.24, 2.45) is 5.73 Å². The van der Waals surface area contributed by atoms with E-state index in [1.165, 1.54) is 6.33 Å². The van der Waals surface area contributed by atoms with Crippen molar-refractivity contribution in [1.82, 2.24) is 24.4 Å². The number of aliphatic hydroxyl groups excluding tert-OH is 1. The van der Waals surface area contributed by atoms with E-state index >= 15 is 0 Å². The standard InChI is InChI=1S/C16H26N8O3/c1-16(27)5-9(25)6-23(11(26)3-2-4-17)7-10(16)24-8-20-12-13(18)21-15(19)22-14(12)24/h8-10,25,27H,2-7,17H2,1H3,(H4,18,19,21,22)/t9-,10+,16+/m0/s1. The second kappa shape index (κ2) is 7.25. The number of β-amino-alcohol motifs (C(OH)–C–C–N with tert-alkyl or cyclic N) is 1. The van der Waals surface area contributed by atoms with Gasteiger partial charge in [0.1, 0.15) is 5.52 Å². The minimum absolute atomic E-state index is 0.00840. The van der Waals surface area contributed by atoms with E-state index in [1.807, 2.05) is 0 Å². The average molecular weight is 378 g/mol. The smallest absolute Gasteiger partial charge is 0.224 e. The van der Waals surface area contributed by atoms with E-state index in [2.05, 4.69) is 15.0 Å². The van der Waals surface area contributed by atoms with Crippen LogP contribution < -0.4 is 17.2 Å². The minimum atomic E-state index is -1.32. The topological polar surface area (TPSA) is 182 Å². The lowest BCUT2D eigenvalue weighted by molar-refractivity contribution is -0.132. The first-order valence-electron chi connectivity index (χ1n) is 8.86. The van der Waals surface area contributed by atoms with Crippen LogP contribution in [0.15, 0.2) is 6.33 Å². The van der Waals surface area contributed by atoms with Gasteiger partial charge in [0.2, 0.25) is 11.9 Å². The van der Waals surface area contributed by atoms with Crippen LogP contribution in [0, 0.1) is 0 Å². The first-order chi connectivity index (χ1) is 12.7. The normalized spacial score (nSPS) is 26.3. The summed E-state index contributed by atoms with van der Waals surface area (Å²) in [5, 5.41) is 21.4. The lowest BCUT2D eigenvalue weighted by atomic mass is 9.91. The molecule has 3 rings (SSSR count). The Morgan fingerprint density at radius 1 is 1.37 bits per heavy atom. The summed E-state index contributed by atoms with van der Waals surface area (Å²) in [4.78, 5) is 26.4. The second-order valence-corrected chi connectivity index (χ2v) is 7.21. The molecule has 1 amide bonds. The summed E-state index contributed by atoms with van der Waals surface area (Å²) in [6, 6.07) is -0.602. The van der Waals surface area contributed by atoms with Crippen LogP contribution in [0.25, 0.3) is 11.2 Å². The van der Waals surface area contributed by atoms with Crippen LogP contribution in [0.4, 0.5) is 11.8 Å². The molecule has 27 heavy (non-hydrogen) atoms. The monoisotopic (exact) mass is 378 g/mol. The van der Waals surface area contributed by atoms with Gasteiger partial charge in [-0.05, 0) is 19.9 Å². The number of carbonyl (C=O) groups is 1. The Morgan fingerprint density at radius 3 is 2.81 bits per heavy atom. The van der Waals surface area contributed by atoms with E-state index in [4.69, 9.17) is 17.2 Å². The summed E-state index contributed by atoms with van der Waals surface area (Å²) >= 11 is 0. The van der Waals surface area contributed by atoms with E-state index in [-0.39, 0.29) is 43.6 Å². The third-order valence-electron chi connectivity index (χ3n) is 4.94. The Bertz CT molecular complexity index is 836. The fourth-order valence-corrected chi connectivity index (χ4v) is 3.60. The second-order valence-electron chi connectivity index (χ2n) is 7.21. The number of nitrogen functional groups attached to an aromatic ring is 2. The van der Waals surface area contributed by atoms with Crippen molar-refractivity contribution in [3.05, 3.63) is 6.33 Å². The van der Waals surface area contributed by atoms with Crippen LogP contribution in [-0.2, 0) is 4.79 Å². The minimum Gasteiger partial charge on any atom is -0.391 e.